The van der Waals surface area contributed by atoms with Gasteiger partial charge in [-0.1, -0.05) is 6.08 Å². The zero-order chi connectivity index (χ0) is 12.8. The fourth-order valence-corrected chi connectivity index (χ4v) is 2.21. The van der Waals surface area contributed by atoms with E-state index in [2.05, 4.69) is 19.6 Å². The number of carbonyl (C=O) groups excluding carboxylic acids is 1. The van der Waals surface area contributed by atoms with Gasteiger partial charge in [-0.15, -0.1) is 0 Å². The van der Waals surface area contributed by atoms with Crippen molar-refractivity contribution in [1.29, 1.82) is 0 Å². The quantitative estimate of drug-likeness (QED) is 0.313. The van der Waals surface area contributed by atoms with Gasteiger partial charge in [-0.2, -0.15) is 0 Å². The monoisotopic (exact) mass is 246 g/mol. The number of carbonyl (C=O) groups is 1. The zero-order valence-corrected chi connectivity index (χ0v) is 11.9. The summed E-state index contributed by atoms with van der Waals surface area (Å²) < 4.78 is 16.0. The zero-order valence-electron chi connectivity index (χ0n) is 10.9. The summed E-state index contributed by atoms with van der Waals surface area (Å²) in [5, 5.41) is 0. The maximum atomic E-state index is 11.1. The second kappa shape index (κ2) is 6.83. The van der Waals surface area contributed by atoms with Gasteiger partial charge >= 0.3 is 5.97 Å². The lowest BCUT2D eigenvalue weighted by atomic mass is 10.5. The highest BCUT2D eigenvalue weighted by Crippen LogP contribution is 2.10. The third kappa shape index (κ3) is 8.64. The van der Waals surface area contributed by atoms with Crippen LogP contribution in [0.5, 0.6) is 0 Å². The van der Waals surface area contributed by atoms with Crippen molar-refractivity contribution in [3.63, 3.8) is 0 Å². The summed E-state index contributed by atoms with van der Waals surface area (Å²) in [5.41, 5.74) is 0. The standard InChI is InChI=1S/C11H22O4Si/c1-7-8-11(12)14-9(2)13-10(3)15-16(4,5)6/h7-10H,1-6H3. The van der Waals surface area contributed by atoms with Crippen LogP contribution in [0.4, 0.5) is 0 Å². The molecule has 4 nitrogen and oxygen atoms in total. The molecule has 0 radical (unpaired) electrons. The number of esters is 1. The van der Waals surface area contributed by atoms with Crippen LogP contribution in [0.25, 0.3) is 0 Å². The summed E-state index contributed by atoms with van der Waals surface area (Å²) in [6.45, 7) is 11.4. The Bertz CT molecular complexity index is 245. The molecule has 0 heterocycles. The van der Waals surface area contributed by atoms with Gasteiger partial charge in [0.05, 0.1) is 0 Å². The highest BCUT2D eigenvalue weighted by Gasteiger charge is 2.20. The molecule has 0 saturated carbocycles. The topological polar surface area (TPSA) is 44.8 Å². The molecule has 16 heavy (non-hydrogen) atoms. The van der Waals surface area contributed by atoms with E-state index < -0.39 is 20.6 Å². The van der Waals surface area contributed by atoms with Crippen LogP contribution in [0, 0.1) is 0 Å². The van der Waals surface area contributed by atoms with E-state index >= 15 is 0 Å². The molecule has 94 valence electrons. The molecule has 0 bridgehead atoms. The van der Waals surface area contributed by atoms with Crippen molar-refractivity contribution >= 4 is 14.3 Å². The van der Waals surface area contributed by atoms with E-state index in [-0.39, 0.29) is 6.29 Å². The summed E-state index contributed by atoms with van der Waals surface area (Å²) in [5.74, 6) is -0.407. The van der Waals surface area contributed by atoms with Gasteiger partial charge in [0.2, 0.25) is 6.29 Å². The first-order chi connectivity index (χ1) is 7.24. The molecule has 0 aromatic heterocycles. The summed E-state index contributed by atoms with van der Waals surface area (Å²) in [7, 11) is -1.62. The molecule has 0 saturated heterocycles. The van der Waals surface area contributed by atoms with Crippen molar-refractivity contribution in [2.45, 2.75) is 53.0 Å². The molecule has 0 rings (SSSR count). The molecule has 0 amide bonds. The van der Waals surface area contributed by atoms with Crippen LogP contribution < -0.4 is 0 Å². The predicted octanol–water partition coefficient (Wildman–Crippen LogP) is 2.67. The highest BCUT2D eigenvalue weighted by atomic mass is 28.4. The first kappa shape index (κ1) is 15.3. The molecule has 5 heteroatoms. The van der Waals surface area contributed by atoms with Crippen molar-refractivity contribution in [2.24, 2.45) is 0 Å². The number of ether oxygens (including phenoxy) is 2. The molecular weight excluding hydrogens is 224 g/mol. The van der Waals surface area contributed by atoms with Crippen molar-refractivity contribution < 1.29 is 18.7 Å². The van der Waals surface area contributed by atoms with Crippen LogP contribution in [-0.4, -0.2) is 26.9 Å². The molecule has 0 spiro atoms. The largest absolute Gasteiger partial charge is 0.433 e. The number of hydrogen-bond donors (Lipinski definition) is 0. The summed E-state index contributed by atoms with van der Waals surface area (Å²) in [6, 6.07) is 0. The summed E-state index contributed by atoms with van der Waals surface area (Å²) in [4.78, 5) is 11.1. The van der Waals surface area contributed by atoms with E-state index in [1.165, 1.54) is 6.08 Å². The molecule has 0 aliphatic heterocycles. The van der Waals surface area contributed by atoms with Crippen molar-refractivity contribution in [1.82, 2.24) is 0 Å². The Kier molecular flexibility index (Phi) is 6.55. The lowest BCUT2D eigenvalue weighted by Gasteiger charge is -2.25. The Balaban J connectivity index is 3.95. The van der Waals surface area contributed by atoms with Gasteiger partial charge in [-0.25, -0.2) is 4.79 Å². The maximum Gasteiger partial charge on any atom is 0.332 e. The van der Waals surface area contributed by atoms with Crippen LogP contribution >= 0.6 is 0 Å². The Morgan fingerprint density at radius 1 is 1.19 bits per heavy atom. The molecule has 2 unspecified atom stereocenters. The van der Waals surface area contributed by atoms with Crippen molar-refractivity contribution in [3.8, 4) is 0 Å². The minimum absolute atomic E-state index is 0.361. The van der Waals surface area contributed by atoms with Gasteiger partial charge in [0.15, 0.2) is 8.32 Å². The molecule has 0 fully saturated rings. The molecule has 0 N–H and O–H groups in total. The average molecular weight is 246 g/mol. The molecule has 2 atom stereocenters. The van der Waals surface area contributed by atoms with Gasteiger partial charge < -0.3 is 13.9 Å². The Hall–Kier alpha value is -0.653. The molecule has 0 aromatic carbocycles. The van der Waals surface area contributed by atoms with Crippen molar-refractivity contribution in [3.05, 3.63) is 12.2 Å². The fraction of sp³-hybridized carbons (Fsp3) is 0.727. The van der Waals surface area contributed by atoms with E-state index in [1.807, 2.05) is 0 Å². The second-order valence-electron chi connectivity index (χ2n) is 4.44. The highest BCUT2D eigenvalue weighted by molar-refractivity contribution is 6.69. The van der Waals surface area contributed by atoms with E-state index in [1.54, 1.807) is 26.8 Å². The molecular formula is C11H22O4Si. The van der Waals surface area contributed by atoms with Crippen LogP contribution in [0.15, 0.2) is 12.2 Å². The summed E-state index contributed by atoms with van der Waals surface area (Å²) in [6.07, 6.45) is 2.01. The normalized spacial score (nSPS) is 16.1. The fourth-order valence-electron chi connectivity index (χ4n) is 1.16. The van der Waals surface area contributed by atoms with Crippen LogP contribution in [-0.2, 0) is 18.7 Å². The van der Waals surface area contributed by atoms with E-state index in [9.17, 15) is 4.79 Å². The predicted molar refractivity (Wildman–Crippen MR) is 65.3 cm³/mol. The molecule has 0 aromatic rings. The maximum absolute atomic E-state index is 11.1. The third-order valence-electron chi connectivity index (χ3n) is 1.49. The minimum Gasteiger partial charge on any atom is -0.433 e. The third-order valence-corrected chi connectivity index (χ3v) is 2.53. The number of rotatable bonds is 6. The van der Waals surface area contributed by atoms with Gasteiger partial charge in [0.1, 0.15) is 6.29 Å². The van der Waals surface area contributed by atoms with Crippen LogP contribution in [0.3, 0.4) is 0 Å². The minimum atomic E-state index is -1.62. The second-order valence-corrected chi connectivity index (χ2v) is 8.90. The van der Waals surface area contributed by atoms with Crippen molar-refractivity contribution in [2.75, 3.05) is 0 Å². The lowest BCUT2D eigenvalue weighted by Crippen LogP contribution is -2.34. The molecule has 0 aliphatic carbocycles. The Morgan fingerprint density at radius 3 is 2.19 bits per heavy atom. The Labute approximate surface area is 98.7 Å². The molecule has 0 aliphatic rings. The average Bonchev–Trinajstić information content (AvgIpc) is 1.98. The van der Waals surface area contributed by atoms with Gasteiger partial charge in [0.25, 0.3) is 0 Å². The van der Waals surface area contributed by atoms with E-state index in [0.717, 1.165) is 0 Å². The van der Waals surface area contributed by atoms with Crippen LogP contribution in [0.2, 0.25) is 19.6 Å². The van der Waals surface area contributed by atoms with Crippen LogP contribution in [0.1, 0.15) is 20.8 Å². The summed E-state index contributed by atoms with van der Waals surface area (Å²) >= 11 is 0. The van der Waals surface area contributed by atoms with Gasteiger partial charge in [-0.3, -0.25) is 0 Å². The lowest BCUT2D eigenvalue weighted by molar-refractivity contribution is -0.206. The SMILES string of the molecule is CC=CC(=O)OC(C)OC(C)O[Si](C)(C)C. The first-order valence-corrected chi connectivity index (χ1v) is 8.82. The number of hydrogen-bond acceptors (Lipinski definition) is 4. The van der Waals surface area contributed by atoms with E-state index in [4.69, 9.17) is 13.9 Å². The number of allylic oxidation sites excluding steroid dienone is 1. The van der Waals surface area contributed by atoms with Gasteiger partial charge in [-0.05, 0) is 40.4 Å². The van der Waals surface area contributed by atoms with E-state index in [0.29, 0.717) is 0 Å². The van der Waals surface area contributed by atoms with Gasteiger partial charge in [0, 0.05) is 6.08 Å². The first-order valence-electron chi connectivity index (χ1n) is 5.41. The smallest absolute Gasteiger partial charge is 0.332 e. The Morgan fingerprint density at radius 2 is 1.75 bits per heavy atom.